The second-order valence-corrected chi connectivity index (χ2v) is 5.26. The van der Waals surface area contributed by atoms with Crippen molar-refractivity contribution in [3.8, 4) is 22.8 Å². The molecule has 1 aromatic carbocycles. The molecule has 0 saturated heterocycles. The molecule has 3 aromatic heterocycles. The van der Waals surface area contributed by atoms with Gasteiger partial charge in [0.1, 0.15) is 11.5 Å². The molecule has 0 spiro atoms. The Kier molecular flexibility index (Phi) is 3.28. The summed E-state index contributed by atoms with van der Waals surface area (Å²) in [7, 11) is 0. The first kappa shape index (κ1) is 14.1. The minimum Gasteiger partial charge on any atom is -0.299 e. The number of benzene rings is 1. The number of nitro groups is 1. The van der Waals surface area contributed by atoms with Gasteiger partial charge in [0.05, 0.1) is 16.1 Å². The monoisotopic (exact) mass is 316 g/mol. The Morgan fingerprint density at radius 1 is 0.958 bits per heavy atom. The Bertz CT molecular complexity index is 1020. The lowest BCUT2D eigenvalue weighted by Gasteiger charge is -2.00. The Labute approximate surface area is 137 Å². The first-order valence-electron chi connectivity index (χ1n) is 7.37. The normalized spacial score (nSPS) is 10.8. The maximum Gasteiger partial charge on any atom is 0.269 e. The molecule has 0 radical (unpaired) electrons. The third-order valence-electron chi connectivity index (χ3n) is 3.79. The van der Waals surface area contributed by atoms with Gasteiger partial charge in [0.25, 0.3) is 5.69 Å². The van der Waals surface area contributed by atoms with Crippen molar-refractivity contribution in [1.82, 2.24) is 14.4 Å². The predicted molar refractivity (Wildman–Crippen MR) is 90.5 cm³/mol. The summed E-state index contributed by atoms with van der Waals surface area (Å²) in [6, 6.07) is 17.9. The second kappa shape index (κ2) is 5.58. The molecule has 0 aliphatic carbocycles. The summed E-state index contributed by atoms with van der Waals surface area (Å²) in [4.78, 5) is 19.5. The van der Waals surface area contributed by atoms with Gasteiger partial charge in [-0.25, -0.2) is 4.98 Å². The largest absolute Gasteiger partial charge is 0.299 e. The molecule has 0 fully saturated rings. The minimum absolute atomic E-state index is 0.0598. The van der Waals surface area contributed by atoms with Gasteiger partial charge in [-0.3, -0.25) is 19.5 Å². The van der Waals surface area contributed by atoms with Crippen LogP contribution in [0.2, 0.25) is 0 Å². The SMILES string of the molecule is O=[N+]([O-])c1ccc(-c2nc(-c3ccccn3)c3ccccn23)cc1. The van der Waals surface area contributed by atoms with E-state index in [9.17, 15) is 10.1 Å². The van der Waals surface area contributed by atoms with Gasteiger partial charge in [0.15, 0.2) is 0 Å². The fourth-order valence-corrected chi connectivity index (χ4v) is 2.67. The zero-order valence-corrected chi connectivity index (χ0v) is 12.5. The van der Waals surface area contributed by atoms with Crippen LogP contribution >= 0.6 is 0 Å². The number of imidazole rings is 1. The predicted octanol–water partition coefficient (Wildman–Crippen LogP) is 3.97. The average molecular weight is 316 g/mol. The molecule has 6 heteroatoms. The number of rotatable bonds is 3. The number of pyridine rings is 2. The van der Waals surface area contributed by atoms with Crippen LogP contribution in [0.15, 0.2) is 73.1 Å². The number of non-ortho nitro benzene ring substituents is 1. The van der Waals surface area contributed by atoms with Crippen LogP contribution in [-0.4, -0.2) is 19.3 Å². The molecule has 24 heavy (non-hydrogen) atoms. The summed E-state index contributed by atoms with van der Waals surface area (Å²) in [5.41, 5.74) is 3.37. The first-order chi connectivity index (χ1) is 11.7. The van der Waals surface area contributed by atoms with Crippen molar-refractivity contribution < 1.29 is 4.92 Å². The van der Waals surface area contributed by atoms with Gasteiger partial charge in [-0.2, -0.15) is 0 Å². The van der Waals surface area contributed by atoms with E-state index in [0.29, 0.717) is 0 Å². The van der Waals surface area contributed by atoms with Crippen LogP contribution < -0.4 is 0 Å². The molecule has 4 rings (SSSR count). The Morgan fingerprint density at radius 2 is 1.75 bits per heavy atom. The summed E-state index contributed by atoms with van der Waals surface area (Å²) < 4.78 is 1.96. The van der Waals surface area contributed by atoms with Gasteiger partial charge in [-0.1, -0.05) is 12.1 Å². The molecule has 0 bridgehead atoms. The third kappa shape index (κ3) is 2.30. The molecule has 0 saturated carbocycles. The van der Waals surface area contributed by atoms with Gasteiger partial charge < -0.3 is 0 Å². The summed E-state index contributed by atoms with van der Waals surface area (Å²) in [5.74, 6) is 0.723. The maximum atomic E-state index is 10.8. The van der Waals surface area contributed by atoms with E-state index < -0.39 is 4.92 Å². The molecule has 0 amide bonds. The van der Waals surface area contributed by atoms with Gasteiger partial charge in [-0.15, -0.1) is 0 Å². The highest BCUT2D eigenvalue weighted by molar-refractivity contribution is 5.79. The van der Waals surface area contributed by atoms with Gasteiger partial charge >= 0.3 is 0 Å². The summed E-state index contributed by atoms with van der Waals surface area (Å²) in [6.07, 6.45) is 3.65. The Morgan fingerprint density at radius 3 is 2.46 bits per heavy atom. The number of nitro benzene ring substituents is 1. The molecule has 3 heterocycles. The van der Waals surface area contributed by atoms with Crippen LogP contribution in [-0.2, 0) is 0 Å². The molecular formula is C18H12N4O2. The lowest BCUT2D eigenvalue weighted by molar-refractivity contribution is -0.384. The third-order valence-corrected chi connectivity index (χ3v) is 3.79. The lowest BCUT2D eigenvalue weighted by atomic mass is 10.2. The molecule has 116 valence electrons. The van der Waals surface area contributed by atoms with Crippen molar-refractivity contribution in [1.29, 1.82) is 0 Å². The summed E-state index contributed by atoms with van der Waals surface area (Å²) in [6.45, 7) is 0. The van der Waals surface area contributed by atoms with Gasteiger partial charge in [0, 0.05) is 30.1 Å². The van der Waals surface area contributed by atoms with E-state index in [1.807, 2.05) is 47.0 Å². The van der Waals surface area contributed by atoms with Crippen LogP contribution in [0.25, 0.3) is 28.3 Å². The van der Waals surface area contributed by atoms with Crippen molar-refractivity contribution >= 4 is 11.2 Å². The topological polar surface area (TPSA) is 73.3 Å². The van der Waals surface area contributed by atoms with Crippen molar-refractivity contribution in [3.63, 3.8) is 0 Å². The molecule has 0 atom stereocenters. The van der Waals surface area contributed by atoms with Crippen LogP contribution in [0, 0.1) is 10.1 Å². The lowest BCUT2D eigenvalue weighted by Crippen LogP contribution is -1.90. The number of nitrogens with zero attached hydrogens (tertiary/aromatic N) is 4. The van der Waals surface area contributed by atoms with E-state index in [2.05, 4.69) is 4.98 Å². The highest BCUT2D eigenvalue weighted by Crippen LogP contribution is 2.29. The first-order valence-corrected chi connectivity index (χ1v) is 7.37. The number of fused-ring (bicyclic) bond motifs is 1. The molecular weight excluding hydrogens is 304 g/mol. The smallest absolute Gasteiger partial charge is 0.269 e. The molecule has 0 aliphatic rings. The van der Waals surface area contributed by atoms with Crippen LogP contribution in [0.4, 0.5) is 5.69 Å². The van der Waals surface area contributed by atoms with E-state index in [1.54, 1.807) is 18.3 Å². The van der Waals surface area contributed by atoms with Crippen molar-refractivity contribution in [2.75, 3.05) is 0 Å². The zero-order valence-electron chi connectivity index (χ0n) is 12.5. The highest BCUT2D eigenvalue weighted by Gasteiger charge is 2.15. The molecule has 0 N–H and O–H groups in total. The van der Waals surface area contributed by atoms with Crippen LogP contribution in [0.3, 0.4) is 0 Å². The van der Waals surface area contributed by atoms with E-state index in [-0.39, 0.29) is 5.69 Å². The summed E-state index contributed by atoms with van der Waals surface area (Å²) in [5, 5.41) is 10.8. The molecule has 4 aromatic rings. The zero-order chi connectivity index (χ0) is 16.5. The number of hydrogen-bond acceptors (Lipinski definition) is 4. The molecule has 6 nitrogen and oxygen atoms in total. The van der Waals surface area contributed by atoms with E-state index in [4.69, 9.17) is 4.98 Å². The fraction of sp³-hybridized carbons (Fsp3) is 0. The summed E-state index contributed by atoms with van der Waals surface area (Å²) >= 11 is 0. The molecule has 0 unspecified atom stereocenters. The van der Waals surface area contributed by atoms with Gasteiger partial charge in [0.2, 0.25) is 0 Å². The van der Waals surface area contributed by atoms with E-state index >= 15 is 0 Å². The Hall–Kier alpha value is -3.54. The average Bonchev–Trinajstić information content (AvgIpc) is 3.02. The quantitative estimate of drug-likeness (QED) is 0.423. The van der Waals surface area contributed by atoms with Crippen LogP contribution in [0.1, 0.15) is 0 Å². The van der Waals surface area contributed by atoms with Crippen molar-refractivity contribution in [2.24, 2.45) is 0 Å². The van der Waals surface area contributed by atoms with E-state index in [0.717, 1.165) is 28.3 Å². The van der Waals surface area contributed by atoms with Gasteiger partial charge in [-0.05, 0) is 36.4 Å². The van der Waals surface area contributed by atoms with Crippen molar-refractivity contribution in [2.45, 2.75) is 0 Å². The second-order valence-electron chi connectivity index (χ2n) is 5.26. The number of aromatic nitrogens is 3. The highest BCUT2D eigenvalue weighted by atomic mass is 16.6. The fourth-order valence-electron chi connectivity index (χ4n) is 2.67. The Balaban J connectivity index is 1.92. The maximum absolute atomic E-state index is 10.8. The van der Waals surface area contributed by atoms with Crippen LogP contribution in [0.5, 0.6) is 0 Å². The van der Waals surface area contributed by atoms with Crippen molar-refractivity contribution in [3.05, 3.63) is 83.2 Å². The van der Waals surface area contributed by atoms with E-state index in [1.165, 1.54) is 12.1 Å². The number of hydrogen-bond donors (Lipinski definition) is 0. The standard InChI is InChI=1S/C18H12N4O2/c23-22(24)14-9-7-13(8-10-14)18-20-17(15-5-1-3-11-19-15)16-6-2-4-12-21(16)18/h1-12H. The molecule has 0 aliphatic heterocycles. The minimum atomic E-state index is -0.410.